The maximum Gasteiger partial charge on any atom is 0.159 e. The van der Waals surface area contributed by atoms with E-state index >= 15 is 0 Å². The van der Waals surface area contributed by atoms with Gasteiger partial charge in [-0.3, -0.25) is 0 Å². The van der Waals surface area contributed by atoms with Gasteiger partial charge in [0.2, 0.25) is 0 Å². The lowest BCUT2D eigenvalue weighted by molar-refractivity contribution is 0.0693. The Balaban J connectivity index is 2.21. The SMILES string of the molecule is Cc1cc(Cl)nc(C2CSCCO2)n1. The molecule has 0 amide bonds. The summed E-state index contributed by atoms with van der Waals surface area (Å²) in [4.78, 5) is 8.50. The number of nitrogens with zero attached hydrogens (tertiary/aromatic N) is 2. The Morgan fingerprint density at radius 2 is 2.43 bits per heavy atom. The smallest absolute Gasteiger partial charge is 0.159 e. The van der Waals surface area contributed by atoms with Crippen LogP contribution < -0.4 is 0 Å². The van der Waals surface area contributed by atoms with Crippen molar-refractivity contribution in [3.8, 4) is 0 Å². The van der Waals surface area contributed by atoms with E-state index in [0.717, 1.165) is 23.8 Å². The Labute approximate surface area is 92.2 Å². The van der Waals surface area contributed by atoms with Crippen LogP contribution in [0.1, 0.15) is 17.6 Å². The Kier molecular flexibility index (Phi) is 3.26. The summed E-state index contributed by atoms with van der Waals surface area (Å²) in [6.07, 6.45) is 0.00569. The van der Waals surface area contributed by atoms with Crippen molar-refractivity contribution in [3.05, 3.63) is 22.7 Å². The highest BCUT2D eigenvalue weighted by molar-refractivity contribution is 7.99. The van der Waals surface area contributed by atoms with Crippen LogP contribution in [-0.4, -0.2) is 28.1 Å². The van der Waals surface area contributed by atoms with Gasteiger partial charge in [0.25, 0.3) is 0 Å². The van der Waals surface area contributed by atoms with E-state index in [9.17, 15) is 0 Å². The Morgan fingerprint density at radius 1 is 1.57 bits per heavy atom. The maximum atomic E-state index is 5.86. The van der Waals surface area contributed by atoms with Crippen LogP contribution in [0.25, 0.3) is 0 Å². The van der Waals surface area contributed by atoms with E-state index in [1.807, 2.05) is 18.7 Å². The number of aromatic nitrogens is 2. The summed E-state index contributed by atoms with van der Waals surface area (Å²) in [7, 11) is 0. The highest BCUT2D eigenvalue weighted by Gasteiger charge is 2.19. The third-order valence-corrected chi connectivity index (χ3v) is 3.13. The zero-order chi connectivity index (χ0) is 9.97. The van der Waals surface area contributed by atoms with Gasteiger partial charge in [-0.05, 0) is 13.0 Å². The van der Waals surface area contributed by atoms with Gasteiger partial charge in [0.15, 0.2) is 5.82 Å². The molecule has 0 aromatic carbocycles. The third kappa shape index (κ3) is 2.38. The molecule has 1 aliphatic rings. The van der Waals surface area contributed by atoms with Crippen molar-refractivity contribution in [1.82, 2.24) is 9.97 Å². The molecule has 0 spiro atoms. The Bertz CT molecular complexity index is 308. The quantitative estimate of drug-likeness (QED) is 0.694. The van der Waals surface area contributed by atoms with Gasteiger partial charge in [-0.1, -0.05) is 11.6 Å². The Morgan fingerprint density at radius 3 is 3.07 bits per heavy atom. The molecule has 3 nitrogen and oxygen atoms in total. The summed E-state index contributed by atoms with van der Waals surface area (Å²) >= 11 is 7.72. The molecule has 0 bridgehead atoms. The van der Waals surface area contributed by atoms with E-state index in [0.29, 0.717) is 11.0 Å². The number of aryl methyl sites for hydroxylation is 1. The minimum absolute atomic E-state index is 0.00569. The highest BCUT2D eigenvalue weighted by Crippen LogP contribution is 2.24. The van der Waals surface area contributed by atoms with Gasteiger partial charge in [-0.2, -0.15) is 11.8 Å². The molecule has 2 heterocycles. The Hall–Kier alpha value is -0.320. The second-order valence-corrected chi connectivity index (χ2v) is 4.66. The molecule has 2 rings (SSSR count). The minimum Gasteiger partial charge on any atom is -0.368 e. The molecule has 1 aromatic heterocycles. The van der Waals surface area contributed by atoms with Crippen LogP contribution in [0, 0.1) is 6.92 Å². The molecule has 0 radical (unpaired) electrons. The molecule has 0 N–H and O–H groups in total. The monoisotopic (exact) mass is 230 g/mol. The average Bonchev–Trinajstić information content (AvgIpc) is 2.18. The fourth-order valence-corrected chi connectivity index (χ4v) is 2.42. The van der Waals surface area contributed by atoms with Gasteiger partial charge in [0.1, 0.15) is 11.3 Å². The zero-order valence-corrected chi connectivity index (χ0v) is 9.44. The van der Waals surface area contributed by atoms with Gasteiger partial charge < -0.3 is 4.74 Å². The van der Waals surface area contributed by atoms with E-state index in [-0.39, 0.29) is 6.10 Å². The number of rotatable bonds is 1. The van der Waals surface area contributed by atoms with Crippen molar-refractivity contribution < 1.29 is 4.74 Å². The second-order valence-electron chi connectivity index (χ2n) is 3.12. The molecule has 76 valence electrons. The molecule has 1 unspecified atom stereocenters. The van der Waals surface area contributed by atoms with Crippen LogP contribution in [0.3, 0.4) is 0 Å². The van der Waals surface area contributed by atoms with Crippen LogP contribution in [0.4, 0.5) is 0 Å². The molecule has 0 aliphatic carbocycles. The largest absolute Gasteiger partial charge is 0.368 e. The maximum absolute atomic E-state index is 5.86. The van der Waals surface area contributed by atoms with Crippen LogP contribution >= 0.6 is 23.4 Å². The van der Waals surface area contributed by atoms with Crippen molar-refractivity contribution in [2.45, 2.75) is 13.0 Å². The van der Waals surface area contributed by atoms with Gasteiger partial charge in [-0.25, -0.2) is 9.97 Å². The average molecular weight is 231 g/mol. The van der Waals surface area contributed by atoms with Crippen molar-refractivity contribution in [3.63, 3.8) is 0 Å². The summed E-state index contributed by atoms with van der Waals surface area (Å²) in [6, 6.07) is 1.75. The van der Waals surface area contributed by atoms with E-state index in [1.165, 1.54) is 0 Å². The predicted molar refractivity (Wildman–Crippen MR) is 57.8 cm³/mol. The first-order valence-corrected chi connectivity index (χ1v) is 5.99. The van der Waals surface area contributed by atoms with Crippen LogP contribution in [0.15, 0.2) is 6.07 Å². The highest BCUT2D eigenvalue weighted by atomic mass is 35.5. The normalized spacial score (nSPS) is 22.3. The molecule has 0 saturated carbocycles. The summed E-state index contributed by atoms with van der Waals surface area (Å²) < 4.78 is 5.57. The molecular weight excluding hydrogens is 220 g/mol. The molecule has 1 fully saturated rings. The predicted octanol–water partition coefficient (Wildman–Crippen LogP) is 2.24. The van der Waals surface area contributed by atoms with E-state index in [1.54, 1.807) is 6.07 Å². The van der Waals surface area contributed by atoms with Crippen molar-refractivity contribution in [1.29, 1.82) is 0 Å². The summed E-state index contributed by atoms with van der Waals surface area (Å²) in [5, 5.41) is 0.492. The number of thioether (sulfide) groups is 1. The van der Waals surface area contributed by atoms with E-state index < -0.39 is 0 Å². The van der Waals surface area contributed by atoms with Gasteiger partial charge >= 0.3 is 0 Å². The first-order valence-electron chi connectivity index (χ1n) is 4.46. The van der Waals surface area contributed by atoms with Crippen LogP contribution in [0.2, 0.25) is 5.15 Å². The molecule has 1 saturated heterocycles. The number of ether oxygens (including phenoxy) is 1. The first-order chi connectivity index (χ1) is 6.75. The lowest BCUT2D eigenvalue weighted by Gasteiger charge is -2.21. The second kappa shape index (κ2) is 4.47. The van der Waals surface area contributed by atoms with Crippen LogP contribution in [-0.2, 0) is 4.74 Å². The fraction of sp³-hybridized carbons (Fsp3) is 0.556. The number of hydrogen-bond acceptors (Lipinski definition) is 4. The van der Waals surface area contributed by atoms with Gasteiger partial charge in [-0.15, -0.1) is 0 Å². The van der Waals surface area contributed by atoms with Crippen molar-refractivity contribution in [2.75, 3.05) is 18.1 Å². The molecule has 1 aliphatic heterocycles. The molecule has 14 heavy (non-hydrogen) atoms. The summed E-state index contributed by atoms with van der Waals surface area (Å²) in [5.41, 5.74) is 0.888. The van der Waals surface area contributed by atoms with Crippen LogP contribution in [0.5, 0.6) is 0 Å². The standard InChI is InChI=1S/C9H11ClN2OS/c1-6-4-8(10)12-9(11-6)7-5-14-3-2-13-7/h4,7H,2-3,5H2,1H3. The third-order valence-electron chi connectivity index (χ3n) is 1.94. The molecular formula is C9H11ClN2OS. The zero-order valence-electron chi connectivity index (χ0n) is 7.86. The van der Waals surface area contributed by atoms with E-state index in [4.69, 9.17) is 16.3 Å². The summed E-state index contributed by atoms with van der Waals surface area (Å²) in [5.74, 6) is 2.68. The number of halogens is 1. The van der Waals surface area contributed by atoms with E-state index in [2.05, 4.69) is 9.97 Å². The fourth-order valence-electron chi connectivity index (χ4n) is 1.33. The minimum atomic E-state index is 0.00569. The topological polar surface area (TPSA) is 35.0 Å². The number of hydrogen-bond donors (Lipinski definition) is 0. The lowest BCUT2D eigenvalue weighted by atomic mass is 10.3. The van der Waals surface area contributed by atoms with Gasteiger partial charge in [0, 0.05) is 17.2 Å². The first kappa shape index (κ1) is 10.2. The molecule has 5 heteroatoms. The van der Waals surface area contributed by atoms with Crippen molar-refractivity contribution in [2.24, 2.45) is 0 Å². The summed E-state index contributed by atoms with van der Waals surface area (Å²) in [6.45, 7) is 2.68. The van der Waals surface area contributed by atoms with Gasteiger partial charge in [0.05, 0.1) is 6.61 Å². The van der Waals surface area contributed by atoms with Crippen molar-refractivity contribution >= 4 is 23.4 Å². The lowest BCUT2D eigenvalue weighted by Crippen LogP contribution is -2.18. The molecule has 1 atom stereocenters. The molecule has 1 aromatic rings.